The van der Waals surface area contributed by atoms with Gasteiger partial charge in [-0.1, -0.05) is 18.2 Å². The number of nitrogens with one attached hydrogen (secondary N) is 1. The zero-order chi connectivity index (χ0) is 12.5. The van der Waals surface area contributed by atoms with Crippen LogP contribution >= 0.6 is 0 Å². The third kappa shape index (κ3) is 1.88. The molecule has 94 valence electrons. The second-order valence-electron chi connectivity index (χ2n) is 5.12. The molecule has 4 nitrogen and oxygen atoms in total. The highest BCUT2D eigenvalue weighted by atomic mass is 15.3. The van der Waals surface area contributed by atoms with E-state index < -0.39 is 0 Å². The average molecular weight is 242 g/mol. The van der Waals surface area contributed by atoms with E-state index in [1.54, 1.807) is 0 Å². The summed E-state index contributed by atoms with van der Waals surface area (Å²) in [5.41, 5.74) is 2.66. The monoisotopic (exact) mass is 242 g/mol. The summed E-state index contributed by atoms with van der Waals surface area (Å²) in [6.07, 6.45) is 2.77. The van der Waals surface area contributed by atoms with Crippen LogP contribution in [0.25, 0.3) is 0 Å². The van der Waals surface area contributed by atoms with Gasteiger partial charge in [0.1, 0.15) is 12.2 Å². The Morgan fingerprint density at radius 2 is 2.22 bits per heavy atom. The summed E-state index contributed by atoms with van der Waals surface area (Å²) in [5, 5.41) is 11.7. The lowest BCUT2D eigenvalue weighted by atomic mass is 9.97. The summed E-state index contributed by atoms with van der Waals surface area (Å²) >= 11 is 0. The zero-order valence-corrected chi connectivity index (χ0v) is 10.8. The summed E-state index contributed by atoms with van der Waals surface area (Å²) in [4.78, 5) is 0. The molecule has 1 aromatic heterocycles. The van der Waals surface area contributed by atoms with E-state index in [-0.39, 0.29) is 0 Å². The molecule has 1 atom stereocenters. The maximum atomic E-state index is 4.26. The summed E-state index contributed by atoms with van der Waals surface area (Å²) in [6, 6.07) is 8.94. The van der Waals surface area contributed by atoms with E-state index in [1.165, 1.54) is 11.3 Å². The highest BCUT2D eigenvalue weighted by Crippen LogP contribution is 2.33. The number of fused-ring (bicyclic) bond motifs is 1. The Morgan fingerprint density at radius 1 is 1.39 bits per heavy atom. The smallest absolute Gasteiger partial charge is 0.133 e. The minimum atomic E-state index is 0.416. The summed E-state index contributed by atoms with van der Waals surface area (Å²) in [5.74, 6) is 1.58. The first-order valence-electron chi connectivity index (χ1n) is 6.47. The molecule has 1 aliphatic heterocycles. The first-order chi connectivity index (χ1) is 8.75. The molecule has 1 aromatic carbocycles. The Hall–Kier alpha value is -1.84. The third-order valence-electron chi connectivity index (χ3n) is 3.57. The van der Waals surface area contributed by atoms with E-state index in [4.69, 9.17) is 0 Å². The van der Waals surface area contributed by atoms with Crippen LogP contribution in [0.4, 0.5) is 5.69 Å². The molecular weight excluding hydrogens is 224 g/mol. The van der Waals surface area contributed by atoms with Crippen molar-refractivity contribution in [2.75, 3.05) is 11.9 Å². The normalized spacial score (nSPS) is 17.8. The van der Waals surface area contributed by atoms with Gasteiger partial charge in [-0.15, -0.1) is 10.2 Å². The van der Waals surface area contributed by atoms with Gasteiger partial charge in [-0.2, -0.15) is 0 Å². The van der Waals surface area contributed by atoms with Gasteiger partial charge in [-0.25, -0.2) is 0 Å². The van der Waals surface area contributed by atoms with E-state index in [9.17, 15) is 0 Å². The van der Waals surface area contributed by atoms with E-state index in [0.29, 0.717) is 12.0 Å². The minimum absolute atomic E-state index is 0.416. The molecule has 2 aromatic rings. The lowest BCUT2D eigenvalue weighted by Crippen LogP contribution is -2.12. The van der Waals surface area contributed by atoms with Crippen LogP contribution in [0.2, 0.25) is 0 Å². The Morgan fingerprint density at radius 3 is 3.06 bits per heavy atom. The molecule has 0 amide bonds. The van der Waals surface area contributed by atoms with Crippen molar-refractivity contribution < 1.29 is 0 Å². The van der Waals surface area contributed by atoms with Gasteiger partial charge in [0.2, 0.25) is 0 Å². The first kappa shape index (κ1) is 11.3. The third-order valence-corrected chi connectivity index (χ3v) is 3.57. The van der Waals surface area contributed by atoms with Crippen LogP contribution in [0.3, 0.4) is 0 Å². The Balaban J connectivity index is 1.84. The lowest BCUT2D eigenvalue weighted by molar-refractivity contribution is 0.551. The molecule has 0 saturated carbocycles. The molecule has 0 aliphatic carbocycles. The molecule has 4 heteroatoms. The maximum absolute atomic E-state index is 4.26. The highest BCUT2D eigenvalue weighted by molar-refractivity contribution is 5.57. The van der Waals surface area contributed by atoms with Crippen molar-refractivity contribution in [2.24, 2.45) is 0 Å². The summed E-state index contributed by atoms with van der Waals surface area (Å²) < 4.78 is 2.15. The minimum Gasteiger partial charge on any atom is -0.384 e. The number of hydrogen-bond donors (Lipinski definition) is 1. The van der Waals surface area contributed by atoms with Gasteiger partial charge in [-0.3, -0.25) is 0 Å². The number of rotatable bonds is 3. The number of benzene rings is 1. The van der Waals surface area contributed by atoms with Crippen LogP contribution in [0.15, 0.2) is 30.6 Å². The van der Waals surface area contributed by atoms with Crippen molar-refractivity contribution in [1.29, 1.82) is 0 Å². The van der Waals surface area contributed by atoms with Crippen molar-refractivity contribution in [3.8, 4) is 0 Å². The molecule has 2 heterocycles. The Kier molecular flexibility index (Phi) is 2.78. The molecule has 1 unspecified atom stereocenters. The van der Waals surface area contributed by atoms with Crippen LogP contribution in [-0.2, 0) is 6.42 Å². The molecule has 1 N–H and O–H groups in total. The number of hydrogen-bond acceptors (Lipinski definition) is 3. The fourth-order valence-electron chi connectivity index (χ4n) is 2.60. The molecule has 0 fully saturated rings. The Labute approximate surface area is 107 Å². The molecule has 3 rings (SSSR count). The molecule has 0 spiro atoms. The number of para-hydroxylation sites is 1. The van der Waals surface area contributed by atoms with Crippen LogP contribution < -0.4 is 5.32 Å². The highest BCUT2D eigenvalue weighted by Gasteiger charge is 2.23. The van der Waals surface area contributed by atoms with Crippen molar-refractivity contribution in [3.63, 3.8) is 0 Å². The quantitative estimate of drug-likeness (QED) is 0.899. The van der Waals surface area contributed by atoms with Gasteiger partial charge in [0.05, 0.1) is 0 Å². The van der Waals surface area contributed by atoms with Crippen molar-refractivity contribution in [2.45, 2.75) is 32.2 Å². The summed E-state index contributed by atoms with van der Waals surface area (Å²) in [7, 11) is 0. The van der Waals surface area contributed by atoms with Gasteiger partial charge >= 0.3 is 0 Å². The number of anilines is 1. The average Bonchev–Trinajstić information content (AvgIpc) is 2.97. The lowest BCUT2D eigenvalue weighted by Gasteiger charge is -2.13. The zero-order valence-electron chi connectivity index (χ0n) is 10.8. The topological polar surface area (TPSA) is 42.7 Å². The molecule has 0 saturated heterocycles. The predicted molar refractivity (Wildman–Crippen MR) is 71.8 cm³/mol. The summed E-state index contributed by atoms with van der Waals surface area (Å²) in [6.45, 7) is 5.31. The second kappa shape index (κ2) is 4.44. The van der Waals surface area contributed by atoms with Crippen molar-refractivity contribution in [3.05, 3.63) is 42.0 Å². The van der Waals surface area contributed by atoms with Crippen LogP contribution in [0.5, 0.6) is 0 Å². The van der Waals surface area contributed by atoms with Crippen LogP contribution in [-0.4, -0.2) is 21.3 Å². The molecule has 1 aliphatic rings. The van der Waals surface area contributed by atoms with Gasteiger partial charge < -0.3 is 9.88 Å². The maximum Gasteiger partial charge on any atom is 0.133 e. The van der Waals surface area contributed by atoms with E-state index >= 15 is 0 Å². The fraction of sp³-hybridized carbons (Fsp3) is 0.429. The molecule has 0 bridgehead atoms. The van der Waals surface area contributed by atoms with Crippen molar-refractivity contribution >= 4 is 5.69 Å². The second-order valence-corrected chi connectivity index (χ2v) is 5.12. The first-order valence-corrected chi connectivity index (χ1v) is 6.47. The van der Waals surface area contributed by atoms with Crippen LogP contribution in [0, 0.1) is 0 Å². The largest absolute Gasteiger partial charge is 0.384 e. The molecule has 18 heavy (non-hydrogen) atoms. The molecule has 0 radical (unpaired) electrons. The van der Waals surface area contributed by atoms with Gasteiger partial charge in [-0.05, 0) is 25.5 Å². The van der Waals surface area contributed by atoms with Gasteiger partial charge in [0, 0.05) is 30.6 Å². The van der Waals surface area contributed by atoms with Gasteiger partial charge in [0.15, 0.2) is 0 Å². The standard InChI is InChI=1S/C14H18N4/c1-10(2)18-9-16-17-14(18)7-11-8-15-13-6-4-3-5-12(11)13/h3-6,9-11,15H,7-8H2,1-2H3. The number of nitrogens with zero attached hydrogens (tertiary/aromatic N) is 3. The van der Waals surface area contributed by atoms with Gasteiger partial charge in [0.25, 0.3) is 0 Å². The van der Waals surface area contributed by atoms with E-state index in [1.807, 2.05) is 6.33 Å². The predicted octanol–water partition coefficient (Wildman–Crippen LogP) is 2.61. The van der Waals surface area contributed by atoms with E-state index in [0.717, 1.165) is 18.8 Å². The fourth-order valence-corrected chi connectivity index (χ4v) is 2.60. The molecular formula is C14H18N4. The van der Waals surface area contributed by atoms with Crippen LogP contribution in [0.1, 0.15) is 37.2 Å². The van der Waals surface area contributed by atoms with E-state index in [2.05, 4.69) is 58.2 Å². The number of aromatic nitrogens is 3. The van der Waals surface area contributed by atoms with Crippen molar-refractivity contribution in [1.82, 2.24) is 14.8 Å². The Bertz CT molecular complexity index is 544. The SMILES string of the molecule is CC(C)n1cnnc1CC1CNc2ccccc21.